The van der Waals surface area contributed by atoms with Crippen LogP contribution in [0, 0.1) is 0 Å². The number of anilines is 3. The van der Waals surface area contributed by atoms with Crippen molar-refractivity contribution >= 4 is 40.7 Å². The molecule has 11 heteroatoms. The largest absolute Gasteiger partial charge is 0.354 e. The van der Waals surface area contributed by atoms with Gasteiger partial charge in [0.25, 0.3) is 11.8 Å². The van der Waals surface area contributed by atoms with E-state index in [4.69, 9.17) is 11.6 Å². The van der Waals surface area contributed by atoms with Crippen LogP contribution in [0.4, 0.5) is 17.3 Å². The predicted molar refractivity (Wildman–Crippen MR) is 126 cm³/mol. The molecule has 1 saturated heterocycles. The van der Waals surface area contributed by atoms with Gasteiger partial charge in [0, 0.05) is 32.0 Å². The van der Waals surface area contributed by atoms with Gasteiger partial charge in [-0.15, -0.1) is 10.2 Å². The molecule has 1 fully saturated rings. The number of aromatic nitrogens is 4. The Morgan fingerprint density at radius 1 is 0.939 bits per heavy atom. The normalized spacial score (nSPS) is 14.4. The monoisotopic (exact) mass is 466 g/mol. The van der Waals surface area contributed by atoms with E-state index in [9.17, 15) is 9.59 Å². The Kier molecular flexibility index (Phi) is 7.06. The second-order valence-electron chi connectivity index (χ2n) is 7.59. The Labute approximate surface area is 196 Å². The third-order valence-electron chi connectivity index (χ3n) is 5.17. The van der Waals surface area contributed by atoms with Gasteiger partial charge in [-0.05, 0) is 56.4 Å². The topological polar surface area (TPSA) is 116 Å². The summed E-state index contributed by atoms with van der Waals surface area (Å²) >= 11 is 5.82. The molecular formula is C22H23ClN8O2. The fourth-order valence-electron chi connectivity index (χ4n) is 3.39. The van der Waals surface area contributed by atoms with Crippen LogP contribution in [0.3, 0.4) is 0 Å². The van der Waals surface area contributed by atoms with Crippen molar-refractivity contribution in [1.29, 1.82) is 0 Å². The van der Waals surface area contributed by atoms with E-state index in [0.29, 0.717) is 10.8 Å². The van der Waals surface area contributed by atoms with Crippen LogP contribution in [-0.2, 0) is 0 Å². The van der Waals surface area contributed by atoms with Crippen molar-refractivity contribution in [2.45, 2.75) is 6.42 Å². The molecule has 10 nitrogen and oxygen atoms in total. The summed E-state index contributed by atoms with van der Waals surface area (Å²) in [5.41, 5.74) is 0.427. The van der Waals surface area contributed by atoms with Crippen LogP contribution < -0.4 is 15.5 Å². The van der Waals surface area contributed by atoms with Gasteiger partial charge in [-0.25, -0.2) is 9.97 Å². The molecule has 0 saturated carbocycles. The number of likely N-dealkylation sites (N-methyl/N-ethyl adjacent to an activating group) is 1. The molecule has 0 spiro atoms. The number of nitrogens with one attached hydrogen (secondary N) is 2. The first-order valence-electron chi connectivity index (χ1n) is 10.5. The molecule has 0 bridgehead atoms. The second kappa shape index (κ2) is 10.3. The third-order valence-corrected chi connectivity index (χ3v) is 5.39. The zero-order valence-electron chi connectivity index (χ0n) is 18.0. The molecule has 2 N–H and O–H groups in total. The van der Waals surface area contributed by atoms with Gasteiger partial charge >= 0.3 is 0 Å². The highest BCUT2D eigenvalue weighted by atomic mass is 35.5. The molecule has 4 rings (SSSR count). The Morgan fingerprint density at radius 3 is 2.58 bits per heavy atom. The van der Waals surface area contributed by atoms with Gasteiger partial charge in [-0.3, -0.25) is 9.59 Å². The lowest BCUT2D eigenvalue weighted by atomic mass is 10.2. The van der Waals surface area contributed by atoms with E-state index in [1.54, 1.807) is 36.4 Å². The fraction of sp³-hybridized carbons (Fsp3) is 0.273. The van der Waals surface area contributed by atoms with Gasteiger partial charge in [-0.1, -0.05) is 11.6 Å². The van der Waals surface area contributed by atoms with E-state index in [-0.39, 0.29) is 17.1 Å². The minimum absolute atomic E-state index is 0.0425. The lowest BCUT2D eigenvalue weighted by Gasteiger charge is -2.20. The van der Waals surface area contributed by atoms with E-state index in [2.05, 4.69) is 47.6 Å². The first-order valence-corrected chi connectivity index (χ1v) is 10.8. The van der Waals surface area contributed by atoms with Crippen molar-refractivity contribution in [3.63, 3.8) is 0 Å². The van der Waals surface area contributed by atoms with Gasteiger partial charge in [0.2, 0.25) is 0 Å². The van der Waals surface area contributed by atoms with E-state index >= 15 is 0 Å². The molecule has 170 valence electrons. The predicted octanol–water partition coefficient (Wildman–Crippen LogP) is 2.57. The van der Waals surface area contributed by atoms with Crippen molar-refractivity contribution in [1.82, 2.24) is 25.1 Å². The summed E-state index contributed by atoms with van der Waals surface area (Å²) in [4.78, 5) is 38.0. The quantitative estimate of drug-likeness (QED) is 0.589. The van der Waals surface area contributed by atoms with Crippen LogP contribution in [-0.4, -0.2) is 70.1 Å². The summed E-state index contributed by atoms with van der Waals surface area (Å²) in [5, 5.41) is 14.1. The zero-order chi connectivity index (χ0) is 23.2. The third kappa shape index (κ3) is 5.79. The summed E-state index contributed by atoms with van der Waals surface area (Å²) < 4.78 is 0. The number of carbonyl (C=O) groups excluding carboxylic acids is 2. The van der Waals surface area contributed by atoms with E-state index in [1.165, 1.54) is 12.4 Å². The van der Waals surface area contributed by atoms with Gasteiger partial charge in [-0.2, -0.15) is 0 Å². The molecule has 0 atom stereocenters. The highest BCUT2D eigenvalue weighted by Crippen LogP contribution is 2.17. The van der Waals surface area contributed by atoms with Crippen molar-refractivity contribution in [3.05, 3.63) is 65.2 Å². The van der Waals surface area contributed by atoms with E-state index in [0.717, 1.165) is 38.4 Å². The lowest BCUT2D eigenvalue weighted by Crippen LogP contribution is -2.29. The highest BCUT2D eigenvalue weighted by molar-refractivity contribution is 6.30. The molecule has 1 aliphatic rings. The van der Waals surface area contributed by atoms with Crippen LogP contribution in [0.1, 0.15) is 27.4 Å². The first kappa shape index (κ1) is 22.6. The van der Waals surface area contributed by atoms with E-state index in [1.807, 2.05) is 0 Å². The number of pyridine rings is 2. The van der Waals surface area contributed by atoms with Crippen molar-refractivity contribution in [3.8, 4) is 0 Å². The molecule has 0 aromatic carbocycles. The molecular weight excluding hydrogens is 444 g/mol. The zero-order valence-corrected chi connectivity index (χ0v) is 18.8. The number of amides is 2. The Morgan fingerprint density at radius 2 is 1.82 bits per heavy atom. The maximum Gasteiger partial charge on any atom is 0.277 e. The Balaban J connectivity index is 1.44. The van der Waals surface area contributed by atoms with Crippen LogP contribution in [0.2, 0.25) is 5.02 Å². The number of halogens is 1. The molecule has 2 amide bonds. The minimum Gasteiger partial charge on any atom is -0.354 e. The summed E-state index contributed by atoms with van der Waals surface area (Å²) in [6.45, 7) is 3.73. The van der Waals surface area contributed by atoms with Gasteiger partial charge in [0.1, 0.15) is 5.82 Å². The summed E-state index contributed by atoms with van der Waals surface area (Å²) in [6.07, 6.45) is 3.93. The van der Waals surface area contributed by atoms with Gasteiger partial charge in [0.15, 0.2) is 17.2 Å². The Bertz CT molecular complexity index is 1120. The van der Waals surface area contributed by atoms with Crippen molar-refractivity contribution < 1.29 is 9.59 Å². The average molecular weight is 467 g/mol. The number of nitrogens with zero attached hydrogens (tertiary/aromatic N) is 6. The second-order valence-corrected chi connectivity index (χ2v) is 8.03. The SMILES string of the molecule is CN1CCCN(c2ccc(C(=O)Nc3cccnc3C(=O)Nc3ccc(Cl)cn3)nn2)CC1. The van der Waals surface area contributed by atoms with Crippen LogP contribution in [0.15, 0.2) is 48.8 Å². The minimum atomic E-state index is -0.520. The lowest BCUT2D eigenvalue weighted by molar-refractivity contribution is 0.102. The summed E-state index contributed by atoms with van der Waals surface area (Å²) in [5.74, 6) is 0.0388. The maximum absolute atomic E-state index is 12.7. The molecule has 1 aliphatic heterocycles. The van der Waals surface area contributed by atoms with Crippen LogP contribution in [0.5, 0.6) is 0 Å². The molecule has 33 heavy (non-hydrogen) atoms. The molecule has 3 aromatic rings. The molecule has 0 unspecified atom stereocenters. The number of carbonyl (C=O) groups is 2. The smallest absolute Gasteiger partial charge is 0.277 e. The van der Waals surface area contributed by atoms with Crippen molar-refractivity contribution in [2.24, 2.45) is 0 Å². The van der Waals surface area contributed by atoms with Gasteiger partial charge in [0.05, 0.1) is 10.7 Å². The Hall–Kier alpha value is -3.63. The number of hydrogen-bond acceptors (Lipinski definition) is 8. The van der Waals surface area contributed by atoms with E-state index < -0.39 is 11.8 Å². The van der Waals surface area contributed by atoms with Crippen molar-refractivity contribution in [2.75, 3.05) is 48.8 Å². The summed E-state index contributed by atoms with van der Waals surface area (Å²) in [6, 6.07) is 9.80. The number of hydrogen-bond donors (Lipinski definition) is 2. The first-order chi connectivity index (χ1) is 16.0. The molecule has 0 aliphatic carbocycles. The maximum atomic E-state index is 12.7. The fourth-order valence-corrected chi connectivity index (χ4v) is 3.50. The van der Waals surface area contributed by atoms with Crippen LogP contribution >= 0.6 is 11.6 Å². The molecule has 0 radical (unpaired) electrons. The number of rotatable bonds is 5. The van der Waals surface area contributed by atoms with Gasteiger partial charge < -0.3 is 20.4 Å². The van der Waals surface area contributed by atoms with Crippen LogP contribution in [0.25, 0.3) is 0 Å². The average Bonchev–Trinajstić information content (AvgIpc) is 3.05. The summed E-state index contributed by atoms with van der Waals surface area (Å²) in [7, 11) is 2.10. The molecule has 4 heterocycles. The standard InChI is InChI=1S/C22H23ClN8O2/c1-30-10-3-11-31(13-12-30)19-8-6-17(28-29-19)21(32)26-16-4-2-9-24-20(16)22(33)27-18-7-5-15(23)14-25-18/h2,4-9,14H,3,10-13H2,1H3,(H,26,32)(H,25,27,33). The highest BCUT2D eigenvalue weighted by Gasteiger charge is 2.18. The molecule has 3 aromatic heterocycles.